The van der Waals surface area contributed by atoms with Crippen LogP contribution < -0.4 is 5.46 Å². The maximum Gasteiger partial charge on any atom is 0.494 e. The molecule has 2 heterocycles. The molecule has 0 spiro atoms. The fourth-order valence-electron chi connectivity index (χ4n) is 3.39. The first-order valence-electron chi connectivity index (χ1n) is 9.08. The molecule has 1 aromatic carbocycles. The molecule has 6 heteroatoms. The lowest BCUT2D eigenvalue weighted by molar-refractivity contribution is 0.00578. The van der Waals surface area contributed by atoms with Crippen LogP contribution in [-0.4, -0.2) is 41.7 Å². The molecule has 1 amide bonds. The predicted octanol–water partition coefficient (Wildman–Crippen LogP) is 3.14. The lowest BCUT2D eigenvalue weighted by atomic mass is 9.78. The van der Waals surface area contributed by atoms with Crippen molar-refractivity contribution in [3.8, 4) is 0 Å². The molecule has 3 rings (SSSR count). The van der Waals surface area contributed by atoms with E-state index in [1.165, 1.54) is 6.07 Å². The molecule has 2 aliphatic rings. The van der Waals surface area contributed by atoms with Crippen LogP contribution in [0.3, 0.4) is 0 Å². The number of carbonyl (C=O) groups is 1. The highest BCUT2D eigenvalue weighted by Crippen LogP contribution is 2.36. The van der Waals surface area contributed by atoms with Crippen molar-refractivity contribution in [1.82, 2.24) is 4.90 Å². The average molecular weight is 347 g/mol. The Hall–Kier alpha value is -1.40. The van der Waals surface area contributed by atoms with Gasteiger partial charge in [0.15, 0.2) is 0 Å². The van der Waals surface area contributed by atoms with E-state index in [1.54, 1.807) is 17.0 Å². The van der Waals surface area contributed by atoms with Crippen molar-refractivity contribution in [2.24, 2.45) is 0 Å². The standard InChI is InChI=1S/C19H27BFNO3/c1-13-8-6-7-11-22(13)17(23)15-12-14(9-10-16(15)21)20-24-18(2,3)19(4,5)25-20/h9-10,12-13H,6-8,11H2,1-5H3. The van der Waals surface area contributed by atoms with Crippen molar-refractivity contribution >= 4 is 18.5 Å². The monoisotopic (exact) mass is 347 g/mol. The van der Waals surface area contributed by atoms with Crippen LogP contribution in [0.4, 0.5) is 4.39 Å². The third-order valence-corrected chi connectivity index (χ3v) is 5.81. The van der Waals surface area contributed by atoms with Gasteiger partial charge >= 0.3 is 7.12 Å². The van der Waals surface area contributed by atoms with Gasteiger partial charge < -0.3 is 14.2 Å². The maximum atomic E-state index is 14.4. The Morgan fingerprint density at radius 3 is 2.44 bits per heavy atom. The fraction of sp³-hybridized carbons (Fsp3) is 0.632. The average Bonchev–Trinajstić information content (AvgIpc) is 2.75. The van der Waals surface area contributed by atoms with Gasteiger partial charge in [-0.3, -0.25) is 4.79 Å². The highest BCUT2D eigenvalue weighted by Gasteiger charge is 2.51. The summed E-state index contributed by atoms with van der Waals surface area (Å²) in [5, 5.41) is 0. The largest absolute Gasteiger partial charge is 0.494 e. The van der Waals surface area contributed by atoms with Crippen LogP contribution in [0.1, 0.15) is 64.2 Å². The Labute approximate surface area is 149 Å². The summed E-state index contributed by atoms with van der Waals surface area (Å²) in [7, 11) is -0.601. The summed E-state index contributed by atoms with van der Waals surface area (Å²) < 4.78 is 26.4. The van der Waals surface area contributed by atoms with E-state index in [0.717, 1.165) is 19.3 Å². The molecule has 25 heavy (non-hydrogen) atoms. The lowest BCUT2D eigenvalue weighted by Crippen LogP contribution is -2.43. The molecule has 0 aliphatic carbocycles. The summed E-state index contributed by atoms with van der Waals surface area (Å²) in [6.07, 6.45) is 3.04. The zero-order valence-electron chi connectivity index (χ0n) is 15.8. The Balaban J connectivity index is 1.88. The van der Waals surface area contributed by atoms with Crippen LogP contribution >= 0.6 is 0 Å². The van der Waals surface area contributed by atoms with Gasteiger partial charge in [-0.05, 0) is 71.5 Å². The quantitative estimate of drug-likeness (QED) is 0.772. The van der Waals surface area contributed by atoms with E-state index in [-0.39, 0.29) is 17.5 Å². The van der Waals surface area contributed by atoms with E-state index in [9.17, 15) is 9.18 Å². The number of rotatable bonds is 2. The van der Waals surface area contributed by atoms with E-state index >= 15 is 0 Å². The topological polar surface area (TPSA) is 38.8 Å². The van der Waals surface area contributed by atoms with Crippen molar-refractivity contribution in [3.63, 3.8) is 0 Å². The predicted molar refractivity (Wildman–Crippen MR) is 96.5 cm³/mol. The second-order valence-electron chi connectivity index (χ2n) is 8.17. The molecule has 0 aromatic heterocycles. The third-order valence-electron chi connectivity index (χ3n) is 5.81. The van der Waals surface area contributed by atoms with Gasteiger partial charge in [-0.1, -0.05) is 6.07 Å². The van der Waals surface area contributed by atoms with E-state index in [2.05, 4.69) is 0 Å². The van der Waals surface area contributed by atoms with E-state index in [0.29, 0.717) is 12.0 Å². The first kappa shape index (κ1) is 18.4. The maximum absolute atomic E-state index is 14.4. The summed E-state index contributed by atoms with van der Waals surface area (Å²) in [6, 6.07) is 4.69. The highest BCUT2D eigenvalue weighted by molar-refractivity contribution is 6.62. The Kier molecular flexibility index (Phi) is 4.71. The number of nitrogens with zero attached hydrogens (tertiary/aromatic N) is 1. The summed E-state index contributed by atoms with van der Waals surface area (Å²) >= 11 is 0. The van der Waals surface area contributed by atoms with Crippen molar-refractivity contribution < 1.29 is 18.5 Å². The van der Waals surface area contributed by atoms with Gasteiger partial charge in [0.25, 0.3) is 5.91 Å². The number of hydrogen-bond acceptors (Lipinski definition) is 3. The number of amides is 1. The van der Waals surface area contributed by atoms with Crippen LogP contribution in [0.2, 0.25) is 0 Å². The number of halogens is 1. The lowest BCUT2D eigenvalue weighted by Gasteiger charge is -2.33. The molecule has 0 radical (unpaired) electrons. The van der Waals surface area contributed by atoms with Crippen molar-refractivity contribution in [1.29, 1.82) is 0 Å². The van der Waals surface area contributed by atoms with E-state index in [4.69, 9.17) is 9.31 Å². The van der Waals surface area contributed by atoms with Gasteiger partial charge in [0.05, 0.1) is 16.8 Å². The number of benzene rings is 1. The molecule has 0 N–H and O–H groups in total. The summed E-state index contributed by atoms with van der Waals surface area (Å²) in [5.41, 5.74) is -0.177. The minimum absolute atomic E-state index is 0.0981. The molecule has 136 valence electrons. The highest BCUT2D eigenvalue weighted by atomic mass is 19.1. The van der Waals surface area contributed by atoms with Gasteiger partial charge in [0.1, 0.15) is 5.82 Å². The van der Waals surface area contributed by atoms with Crippen LogP contribution in [-0.2, 0) is 9.31 Å². The Bertz CT molecular complexity index is 661. The second kappa shape index (κ2) is 6.40. The van der Waals surface area contributed by atoms with Gasteiger partial charge in [0, 0.05) is 12.6 Å². The SMILES string of the molecule is CC1CCCCN1C(=O)c1cc(B2OC(C)(C)C(C)(C)O2)ccc1F. The first-order chi connectivity index (χ1) is 11.6. The van der Waals surface area contributed by atoms with Gasteiger partial charge in [-0.15, -0.1) is 0 Å². The second-order valence-corrected chi connectivity index (χ2v) is 8.17. The molecule has 4 nitrogen and oxygen atoms in total. The molecular formula is C19H27BFNO3. The molecule has 0 saturated carbocycles. The number of hydrogen-bond donors (Lipinski definition) is 0. The summed E-state index contributed by atoms with van der Waals surface area (Å²) in [5.74, 6) is -0.744. The van der Waals surface area contributed by atoms with Crippen LogP contribution in [0.15, 0.2) is 18.2 Å². The minimum Gasteiger partial charge on any atom is -0.399 e. The Morgan fingerprint density at radius 1 is 1.20 bits per heavy atom. The molecule has 2 fully saturated rings. The third kappa shape index (κ3) is 3.34. The Morgan fingerprint density at radius 2 is 1.84 bits per heavy atom. The van der Waals surface area contributed by atoms with Gasteiger partial charge in [-0.25, -0.2) is 4.39 Å². The molecule has 1 atom stereocenters. The van der Waals surface area contributed by atoms with E-state index < -0.39 is 24.1 Å². The molecule has 2 aliphatic heterocycles. The zero-order chi connectivity index (χ0) is 18.4. The van der Waals surface area contributed by atoms with Crippen LogP contribution in [0.25, 0.3) is 0 Å². The van der Waals surface area contributed by atoms with E-state index in [1.807, 2.05) is 34.6 Å². The number of piperidine rings is 1. The number of likely N-dealkylation sites (tertiary alicyclic amines) is 1. The number of carbonyl (C=O) groups excluding carboxylic acids is 1. The van der Waals surface area contributed by atoms with Crippen molar-refractivity contribution in [2.75, 3.05) is 6.54 Å². The zero-order valence-corrected chi connectivity index (χ0v) is 15.8. The molecule has 0 bridgehead atoms. The van der Waals surface area contributed by atoms with Crippen LogP contribution in [0.5, 0.6) is 0 Å². The molecular weight excluding hydrogens is 320 g/mol. The van der Waals surface area contributed by atoms with Crippen molar-refractivity contribution in [2.45, 2.75) is 71.1 Å². The minimum atomic E-state index is -0.601. The normalized spacial score (nSPS) is 25.3. The summed E-state index contributed by atoms with van der Waals surface area (Å²) in [6.45, 7) is 10.6. The van der Waals surface area contributed by atoms with Crippen LogP contribution in [0, 0.1) is 5.82 Å². The summed E-state index contributed by atoms with van der Waals surface area (Å²) in [4.78, 5) is 14.6. The molecule has 1 unspecified atom stereocenters. The van der Waals surface area contributed by atoms with Gasteiger partial charge in [0.2, 0.25) is 0 Å². The molecule has 1 aromatic rings. The first-order valence-corrected chi connectivity index (χ1v) is 9.08. The smallest absolute Gasteiger partial charge is 0.399 e. The van der Waals surface area contributed by atoms with Crippen molar-refractivity contribution in [3.05, 3.63) is 29.6 Å². The fourth-order valence-corrected chi connectivity index (χ4v) is 3.39. The molecule has 2 saturated heterocycles. The van der Waals surface area contributed by atoms with Gasteiger partial charge in [-0.2, -0.15) is 0 Å².